The second kappa shape index (κ2) is 5.68. The minimum atomic E-state index is -3.33. The number of imidazole rings is 1. The monoisotopic (exact) mass is 382 g/mol. The maximum Gasteiger partial charge on any atom is 0.175 e. The summed E-state index contributed by atoms with van der Waals surface area (Å²) >= 11 is 0. The van der Waals surface area contributed by atoms with E-state index < -0.39 is 15.9 Å². The van der Waals surface area contributed by atoms with E-state index in [-0.39, 0.29) is 23.5 Å². The van der Waals surface area contributed by atoms with Crippen LogP contribution in [0.3, 0.4) is 0 Å². The molecule has 3 aromatic rings. The minimum Gasteiger partial charge on any atom is -0.493 e. The highest BCUT2D eigenvalue weighted by Gasteiger charge is 2.41. The zero-order valence-electron chi connectivity index (χ0n) is 14.6. The first-order chi connectivity index (χ1) is 12.9. The smallest absolute Gasteiger partial charge is 0.175 e. The van der Waals surface area contributed by atoms with Crippen LogP contribution in [-0.4, -0.2) is 35.9 Å². The van der Waals surface area contributed by atoms with Crippen molar-refractivity contribution in [2.24, 2.45) is 5.92 Å². The molecule has 1 aromatic heterocycles. The summed E-state index contributed by atoms with van der Waals surface area (Å²) in [6, 6.07) is 12.7. The molecule has 3 heterocycles. The van der Waals surface area contributed by atoms with Crippen molar-refractivity contribution in [3.8, 4) is 17.0 Å². The molecule has 2 aliphatic rings. The fourth-order valence-corrected chi connectivity index (χ4v) is 4.83. The lowest BCUT2D eigenvalue weighted by Gasteiger charge is -2.35. The summed E-state index contributed by atoms with van der Waals surface area (Å²) in [5.41, 5.74) is 3.90. The molecule has 0 aliphatic carbocycles. The van der Waals surface area contributed by atoms with E-state index in [0.717, 1.165) is 23.1 Å². The van der Waals surface area contributed by atoms with Gasteiger partial charge in [-0.1, -0.05) is 30.3 Å². The van der Waals surface area contributed by atoms with Gasteiger partial charge in [0.2, 0.25) is 0 Å². The molecule has 1 N–H and O–H groups in total. The lowest BCUT2D eigenvalue weighted by Crippen LogP contribution is -2.33. The number of rotatable bonds is 2. The van der Waals surface area contributed by atoms with Gasteiger partial charge in [0.25, 0.3) is 0 Å². The molecule has 3 atom stereocenters. The molecule has 5 rings (SSSR count). The number of nitrogens with zero attached hydrogens (tertiary/aromatic N) is 2. The number of sulfone groups is 1. The Morgan fingerprint density at radius 2 is 2.00 bits per heavy atom. The number of aromatic nitrogens is 2. The molecule has 138 valence electrons. The first-order valence-electron chi connectivity index (χ1n) is 8.71. The molecule has 0 saturated carbocycles. The third-order valence-corrected chi connectivity index (χ3v) is 6.61. The number of benzene rings is 2. The van der Waals surface area contributed by atoms with Gasteiger partial charge in [0.1, 0.15) is 5.75 Å². The molecule has 27 heavy (non-hydrogen) atoms. The van der Waals surface area contributed by atoms with Crippen LogP contribution in [-0.2, 0) is 9.84 Å². The van der Waals surface area contributed by atoms with E-state index in [1.807, 2.05) is 18.3 Å². The van der Waals surface area contributed by atoms with Gasteiger partial charge in [-0.3, -0.25) is 0 Å². The van der Waals surface area contributed by atoms with Crippen LogP contribution < -0.4 is 4.74 Å². The molecular weight excluding hydrogens is 364 g/mol. The van der Waals surface area contributed by atoms with Gasteiger partial charge in [0.05, 0.1) is 41.9 Å². The lowest BCUT2D eigenvalue weighted by atomic mass is 9.84. The molecule has 7 heteroatoms. The molecule has 0 fully saturated rings. The van der Waals surface area contributed by atoms with E-state index in [4.69, 9.17) is 4.74 Å². The second-order valence-corrected chi connectivity index (χ2v) is 9.13. The Bertz CT molecular complexity index is 1150. The maximum atomic E-state index is 11.8. The molecule has 2 aliphatic heterocycles. The van der Waals surface area contributed by atoms with Crippen molar-refractivity contribution in [3.63, 3.8) is 0 Å². The van der Waals surface area contributed by atoms with Gasteiger partial charge in [-0.2, -0.15) is 0 Å². The van der Waals surface area contributed by atoms with Crippen LogP contribution in [0.25, 0.3) is 11.3 Å². The first-order valence-corrected chi connectivity index (χ1v) is 10.6. The fraction of sp³-hybridized carbons (Fsp3) is 0.250. The summed E-state index contributed by atoms with van der Waals surface area (Å²) in [5.74, 6) is 0.219. The Balaban J connectivity index is 1.57. The Kier molecular flexibility index (Phi) is 3.47. The summed E-state index contributed by atoms with van der Waals surface area (Å²) in [6.45, 7) is 0.290. The predicted molar refractivity (Wildman–Crippen MR) is 99.3 cm³/mol. The van der Waals surface area contributed by atoms with Gasteiger partial charge in [0.15, 0.2) is 9.84 Å². The van der Waals surface area contributed by atoms with Crippen molar-refractivity contribution in [1.82, 2.24) is 9.55 Å². The van der Waals surface area contributed by atoms with Crippen molar-refractivity contribution in [3.05, 3.63) is 66.1 Å². The van der Waals surface area contributed by atoms with Crippen LogP contribution in [0, 0.1) is 5.92 Å². The quantitative estimate of drug-likeness (QED) is 0.737. The van der Waals surface area contributed by atoms with Crippen molar-refractivity contribution < 1.29 is 18.3 Å². The number of hydrogen-bond donors (Lipinski definition) is 1. The zero-order valence-corrected chi connectivity index (χ0v) is 15.4. The van der Waals surface area contributed by atoms with Crippen molar-refractivity contribution >= 4 is 9.84 Å². The standard InChI is InChI=1S/C20H18N2O4S/c1-27(24,25)12-6-7-15-18(8-12)26-10-16(20(15)23)19-14-5-3-2-4-13(14)17-9-21-11-22(17)19/h2-9,11,16,19-20,23H,10H2,1H3/t16-,19+,20+/m0/s1. The third-order valence-electron chi connectivity index (χ3n) is 5.50. The first kappa shape index (κ1) is 16.5. The van der Waals surface area contributed by atoms with Crippen LogP contribution in [0.1, 0.15) is 23.3 Å². The molecule has 0 bridgehead atoms. The van der Waals surface area contributed by atoms with Gasteiger partial charge in [0, 0.05) is 23.3 Å². The van der Waals surface area contributed by atoms with E-state index in [1.165, 1.54) is 12.1 Å². The summed E-state index contributed by atoms with van der Waals surface area (Å²) in [6.07, 6.45) is 4.01. The van der Waals surface area contributed by atoms with Gasteiger partial charge in [-0.25, -0.2) is 13.4 Å². The molecule has 6 nitrogen and oxygen atoms in total. The van der Waals surface area contributed by atoms with Gasteiger partial charge >= 0.3 is 0 Å². The van der Waals surface area contributed by atoms with Crippen LogP contribution in [0.5, 0.6) is 5.75 Å². The SMILES string of the molecule is CS(=O)(=O)c1ccc2c(c1)OC[C@@H]([C@H]1c3ccccc3-c3cncn31)[C@@H]2O. The average molecular weight is 382 g/mol. The Labute approximate surface area is 157 Å². The molecule has 0 saturated heterocycles. The van der Waals surface area contributed by atoms with E-state index in [2.05, 4.69) is 21.7 Å². The number of hydrogen-bond acceptors (Lipinski definition) is 5. The summed E-state index contributed by atoms with van der Waals surface area (Å²) in [4.78, 5) is 4.46. The van der Waals surface area contributed by atoms with Gasteiger partial charge in [-0.15, -0.1) is 0 Å². The Morgan fingerprint density at radius 1 is 1.19 bits per heavy atom. The Morgan fingerprint density at radius 3 is 2.81 bits per heavy atom. The van der Waals surface area contributed by atoms with Crippen LogP contribution in [0.15, 0.2) is 59.9 Å². The number of aliphatic hydroxyl groups is 1. The number of fused-ring (bicyclic) bond motifs is 4. The van der Waals surface area contributed by atoms with E-state index in [0.29, 0.717) is 11.3 Å². The highest BCUT2D eigenvalue weighted by Crippen LogP contribution is 2.49. The van der Waals surface area contributed by atoms with E-state index in [9.17, 15) is 13.5 Å². The highest BCUT2D eigenvalue weighted by molar-refractivity contribution is 7.90. The lowest BCUT2D eigenvalue weighted by molar-refractivity contribution is 0.0310. The third kappa shape index (κ3) is 2.42. The molecule has 2 aromatic carbocycles. The molecule has 0 amide bonds. The largest absolute Gasteiger partial charge is 0.493 e. The molecular formula is C20H18N2O4S. The molecule has 0 spiro atoms. The zero-order chi connectivity index (χ0) is 18.8. The molecule has 0 unspecified atom stereocenters. The Hall–Kier alpha value is -2.64. The maximum absolute atomic E-state index is 11.8. The molecule has 0 radical (unpaired) electrons. The highest BCUT2D eigenvalue weighted by atomic mass is 32.2. The normalized spacial score (nSPS) is 23.3. The van der Waals surface area contributed by atoms with Crippen LogP contribution in [0.2, 0.25) is 0 Å². The summed E-state index contributed by atoms with van der Waals surface area (Å²) < 4.78 is 31.6. The van der Waals surface area contributed by atoms with Gasteiger partial charge in [-0.05, 0) is 17.7 Å². The average Bonchev–Trinajstić information content (AvgIpc) is 3.22. The van der Waals surface area contributed by atoms with Crippen molar-refractivity contribution in [2.75, 3.05) is 12.9 Å². The van der Waals surface area contributed by atoms with Crippen LogP contribution in [0.4, 0.5) is 0 Å². The van der Waals surface area contributed by atoms with E-state index >= 15 is 0 Å². The van der Waals surface area contributed by atoms with E-state index in [1.54, 1.807) is 12.4 Å². The minimum absolute atomic E-state index is 0.0866. The number of ether oxygens (including phenoxy) is 1. The summed E-state index contributed by atoms with van der Waals surface area (Å²) in [7, 11) is -3.33. The fourth-order valence-electron chi connectivity index (χ4n) is 4.20. The van der Waals surface area contributed by atoms with Crippen molar-refractivity contribution in [1.29, 1.82) is 0 Å². The second-order valence-electron chi connectivity index (χ2n) is 7.11. The van der Waals surface area contributed by atoms with Crippen LogP contribution >= 0.6 is 0 Å². The number of aliphatic hydroxyl groups excluding tert-OH is 1. The predicted octanol–water partition coefficient (Wildman–Crippen LogP) is 2.60. The van der Waals surface area contributed by atoms with Gasteiger partial charge < -0.3 is 14.4 Å². The van der Waals surface area contributed by atoms with Crippen molar-refractivity contribution in [2.45, 2.75) is 17.0 Å². The topological polar surface area (TPSA) is 81.4 Å². The summed E-state index contributed by atoms with van der Waals surface area (Å²) in [5, 5.41) is 11.1.